The van der Waals surface area contributed by atoms with Crippen molar-refractivity contribution in [2.24, 2.45) is 5.92 Å². The maximum atomic E-state index is 6.08. The van der Waals surface area contributed by atoms with Crippen LogP contribution in [0.2, 0.25) is 10.0 Å². The molecule has 0 heterocycles. The van der Waals surface area contributed by atoms with E-state index in [1.54, 1.807) is 6.07 Å². The van der Waals surface area contributed by atoms with Crippen LogP contribution in [-0.2, 0) is 6.54 Å². The summed E-state index contributed by atoms with van der Waals surface area (Å²) >= 11 is 12.1. The summed E-state index contributed by atoms with van der Waals surface area (Å²) in [6.07, 6.45) is 0. The summed E-state index contributed by atoms with van der Waals surface area (Å²) in [4.78, 5) is 0. The second kappa shape index (κ2) is 7.69. The highest BCUT2D eigenvalue weighted by Crippen LogP contribution is 2.29. The Hall–Kier alpha value is -1.22. The van der Waals surface area contributed by atoms with Crippen molar-refractivity contribution >= 4 is 23.2 Å². The van der Waals surface area contributed by atoms with Crippen LogP contribution in [0.5, 0.6) is 11.5 Å². The molecule has 0 radical (unpaired) electrons. The Balaban J connectivity index is 2.14. The molecule has 0 aromatic heterocycles. The summed E-state index contributed by atoms with van der Waals surface area (Å²) in [5.74, 6) is 2.11. The third-order valence-electron chi connectivity index (χ3n) is 2.91. The highest BCUT2D eigenvalue weighted by molar-refractivity contribution is 6.31. The van der Waals surface area contributed by atoms with Crippen LogP contribution >= 0.6 is 23.2 Å². The third-order valence-corrected chi connectivity index (χ3v) is 3.38. The highest BCUT2D eigenvalue weighted by atomic mass is 35.5. The van der Waals surface area contributed by atoms with E-state index in [0.29, 0.717) is 22.5 Å². The van der Waals surface area contributed by atoms with Crippen molar-refractivity contribution in [1.29, 1.82) is 0 Å². The molecule has 2 aromatic rings. The van der Waals surface area contributed by atoms with Gasteiger partial charge >= 0.3 is 0 Å². The molecule has 4 heteroatoms. The smallest absolute Gasteiger partial charge is 0.132 e. The van der Waals surface area contributed by atoms with E-state index in [1.807, 2.05) is 36.4 Å². The van der Waals surface area contributed by atoms with E-state index in [0.717, 1.165) is 23.6 Å². The fourth-order valence-corrected chi connectivity index (χ4v) is 2.31. The second-order valence-corrected chi connectivity index (χ2v) is 6.21. The molecule has 0 atom stereocenters. The molecule has 0 aliphatic rings. The molecule has 21 heavy (non-hydrogen) atoms. The Morgan fingerprint density at radius 1 is 1.05 bits per heavy atom. The summed E-state index contributed by atoms with van der Waals surface area (Å²) < 4.78 is 5.92. The van der Waals surface area contributed by atoms with Crippen molar-refractivity contribution in [3.05, 3.63) is 58.1 Å². The summed E-state index contributed by atoms with van der Waals surface area (Å²) in [5.41, 5.74) is 1.03. The molecule has 0 bridgehead atoms. The largest absolute Gasteiger partial charge is 0.457 e. The van der Waals surface area contributed by atoms with Crippen molar-refractivity contribution in [3.63, 3.8) is 0 Å². The zero-order valence-electron chi connectivity index (χ0n) is 12.2. The fraction of sp³-hybridized carbons (Fsp3) is 0.294. The van der Waals surface area contributed by atoms with Crippen LogP contribution in [0.1, 0.15) is 19.4 Å². The molecule has 2 nitrogen and oxygen atoms in total. The van der Waals surface area contributed by atoms with Crippen LogP contribution in [0, 0.1) is 5.92 Å². The number of hydrogen-bond acceptors (Lipinski definition) is 2. The van der Waals surface area contributed by atoms with E-state index in [2.05, 4.69) is 19.2 Å². The van der Waals surface area contributed by atoms with Crippen molar-refractivity contribution in [2.45, 2.75) is 20.4 Å². The van der Waals surface area contributed by atoms with E-state index in [1.165, 1.54) is 0 Å². The van der Waals surface area contributed by atoms with Crippen LogP contribution in [0.4, 0.5) is 0 Å². The van der Waals surface area contributed by atoms with Crippen LogP contribution < -0.4 is 10.1 Å². The molecular formula is C17H19Cl2NO. The molecule has 0 unspecified atom stereocenters. The first-order valence-electron chi connectivity index (χ1n) is 6.97. The molecule has 2 aromatic carbocycles. The summed E-state index contributed by atoms with van der Waals surface area (Å²) in [7, 11) is 0. The topological polar surface area (TPSA) is 21.3 Å². The Morgan fingerprint density at radius 2 is 1.81 bits per heavy atom. The maximum absolute atomic E-state index is 6.08. The van der Waals surface area contributed by atoms with Gasteiger partial charge in [0.05, 0.1) is 0 Å². The number of nitrogens with one attached hydrogen (secondary N) is 1. The summed E-state index contributed by atoms with van der Waals surface area (Å²) in [6, 6.07) is 13.0. The van der Waals surface area contributed by atoms with Crippen molar-refractivity contribution in [2.75, 3.05) is 6.54 Å². The molecule has 0 aliphatic carbocycles. The molecule has 0 saturated carbocycles. The minimum absolute atomic E-state index is 0.599. The predicted octanol–water partition coefficient (Wildman–Crippen LogP) is 5.53. The maximum Gasteiger partial charge on any atom is 0.132 e. The Kier molecular flexibility index (Phi) is 5.92. The minimum Gasteiger partial charge on any atom is -0.457 e. The molecule has 0 spiro atoms. The molecule has 2 rings (SSSR count). The second-order valence-electron chi connectivity index (χ2n) is 5.34. The first-order chi connectivity index (χ1) is 10.0. The first-order valence-corrected chi connectivity index (χ1v) is 7.73. The number of ether oxygens (including phenoxy) is 1. The molecule has 1 N–H and O–H groups in total. The highest BCUT2D eigenvalue weighted by Gasteiger charge is 2.07. The average Bonchev–Trinajstić information content (AvgIpc) is 2.41. The third kappa shape index (κ3) is 5.24. The number of halogens is 2. The van der Waals surface area contributed by atoms with Gasteiger partial charge in [0.1, 0.15) is 11.5 Å². The molecular weight excluding hydrogens is 305 g/mol. The van der Waals surface area contributed by atoms with Gasteiger partial charge in [0, 0.05) is 22.2 Å². The van der Waals surface area contributed by atoms with Crippen molar-refractivity contribution < 1.29 is 4.74 Å². The Bertz CT molecular complexity index is 599. The van der Waals surface area contributed by atoms with Crippen molar-refractivity contribution in [1.82, 2.24) is 5.32 Å². The predicted molar refractivity (Wildman–Crippen MR) is 89.5 cm³/mol. The van der Waals surface area contributed by atoms with Gasteiger partial charge < -0.3 is 10.1 Å². The molecule has 0 saturated heterocycles. The van der Waals surface area contributed by atoms with Crippen LogP contribution in [0.15, 0.2) is 42.5 Å². The lowest BCUT2D eigenvalue weighted by Crippen LogP contribution is -2.19. The molecule has 0 fully saturated rings. The lowest BCUT2D eigenvalue weighted by atomic mass is 10.1. The van der Waals surface area contributed by atoms with Gasteiger partial charge in [0.15, 0.2) is 0 Å². The van der Waals surface area contributed by atoms with Crippen molar-refractivity contribution in [3.8, 4) is 11.5 Å². The Morgan fingerprint density at radius 3 is 2.52 bits per heavy atom. The van der Waals surface area contributed by atoms with Gasteiger partial charge in [-0.15, -0.1) is 0 Å². The van der Waals surface area contributed by atoms with E-state index < -0.39 is 0 Å². The molecule has 112 valence electrons. The molecule has 0 amide bonds. The van der Waals surface area contributed by atoms with Crippen LogP contribution in [-0.4, -0.2) is 6.54 Å². The first kappa shape index (κ1) is 16.2. The van der Waals surface area contributed by atoms with Gasteiger partial charge in [-0.1, -0.05) is 43.1 Å². The van der Waals surface area contributed by atoms with E-state index >= 15 is 0 Å². The van der Waals surface area contributed by atoms with Gasteiger partial charge in [-0.05, 0) is 48.9 Å². The van der Waals surface area contributed by atoms with Gasteiger partial charge in [0.25, 0.3) is 0 Å². The van der Waals surface area contributed by atoms with E-state index in [4.69, 9.17) is 27.9 Å². The Labute approximate surface area is 136 Å². The lowest BCUT2D eigenvalue weighted by molar-refractivity contribution is 0.469. The summed E-state index contributed by atoms with van der Waals surface area (Å²) in [5, 5.41) is 4.76. The molecule has 0 aliphatic heterocycles. The van der Waals surface area contributed by atoms with Gasteiger partial charge in [-0.3, -0.25) is 0 Å². The monoisotopic (exact) mass is 323 g/mol. The zero-order valence-corrected chi connectivity index (χ0v) is 13.7. The fourth-order valence-electron chi connectivity index (χ4n) is 1.94. The van der Waals surface area contributed by atoms with Gasteiger partial charge in [0.2, 0.25) is 0 Å². The quantitative estimate of drug-likeness (QED) is 0.754. The SMILES string of the molecule is CC(C)CNCc1cc(Cl)ccc1Oc1cccc(Cl)c1. The normalized spacial score (nSPS) is 10.9. The lowest BCUT2D eigenvalue weighted by Gasteiger charge is -2.13. The number of hydrogen-bond donors (Lipinski definition) is 1. The van der Waals surface area contributed by atoms with Gasteiger partial charge in [-0.25, -0.2) is 0 Å². The minimum atomic E-state index is 0.599. The average molecular weight is 324 g/mol. The van der Waals surface area contributed by atoms with Crippen LogP contribution in [0.25, 0.3) is 0 Å². The summed E-state index contributed by atoms with van der Waals surface area (Å²) in [6.45, 7) is 6.01. The number of rotatable bonds is 6. The van der Waals surface area contributed by atoms with Crippen LogP contribution in [0.3, 0.4) is 0 Å². The standard InChI is InChI=1S/C17H19Cl2NO/c1-12(2)10-20-11-13-8-15(19)6-7-17(13)21-16-5-3-4-14(18)9-16/h3-9,12,20H,10-11H2,1-2H3. The zero-order chi connectivity index (χ0) is 15.2. The number of benzene rings is 2. The van der Waals surface area contributed by atoms with Gasteiger partial charge in [-0.2, -0.15) is 0 Å². The van der Waals surface area contributed by atoms with E-state index in [9.17, 15) is 0 Å². The van der Waals surface area contributed by atoms with E-state index in [-0.39, 0.29) is 0 Å².